The summed E-state index contributed by atoms with van der Waals surface area (Å²) in [6.45, 7) is 2.29. The van der Waals surface area contributed by atoms with E-state index >= 15 is 0 Å². The molecule has 0 unspecified atom stereocenters. The first-order chi connectivity index (χ1) is 15.1. The van der Waals surface area contributed by atoms with Crippen LogP contribution in [0.3, 0.4) is 0 Å². The lowest BCUT2D eigenvalue weighted by Gasteiger charge is -2.64. The number of benzene rings is 2. The third-order valence-electron chi connectivity index (χ3n) is 8.90. The lowest BCUT2D eigenvalue weighted by Crippen LogP contribution is -2.72. The number of piperidine rings is 1. The van der Waals surface area contributed by atoms with Crippen LogP contribution in [-0.2, 0) is 11.8 Å². The molecule has 3 fully saturated rings. The summed E-state index contributed by atoms with van der Waals surface area (Å²) in [5.41, 5.74) is 8.59. The topological polar surface area (TPSA) is 58.7 Å². The van der Waals surface area contributed by atoms with Crippen LogP contribution in [0.25, 0.3) is 0 Å². The van der Waals surface area contributed by atoms with Crippen LogP contribution in [0.5, 0.6) is 11.5 Å². The van der Waals surface area contributed by atoms with Crippen molar-refractivity contribution in [2.24, 2.45) is 5.92 Å². The highest BCUT2D eigenvalue weighted by Gasteiger charge is 2.63. The van der Waals surface area contributed by atoms with Gasteiger partial charge < -0.3 is 15.6 Å². The normalized spacial score (nSPS) is 32.6. The Hall–Kier alpha value is -2.04. The van der Waals surface area contributed by atoms with Gasteiger partial charge in [-0.2, -0.15) is 0 Å². The van der Waals surface area contributed by atoms with E-state index in [-0.39, 0.29) is 11.5 Å². The number of aliphatic hydroxyl groups is 1. The number of ether oxygens (including phenoxy) is 1. The molecule has 2 bridgehead atoms. The van der Waals surface area contributed by atoms with Gasteiger partial charge in [0.15, 0.2) is 0 Å². The van der Waals surface area contributed by atoms with E-state index < -0.39 is 5.60 Å². The van der Waals surface area contributed by atoms with Crippen LogP contribution in [-0.4, -0.2) is 34.7 Å². The maximum Gasteiger partial charge on any atom is 0.127 e. The van der Waals surface area contributed by atoms with E-state index in [9.17, 15) is 5.11 Å². The number of anilines is 1. The van der Waals surface area contributed by atoms with Crippen molar-refractivity contribution in [3.8, 4) is 11.5 Å². The number of nitrogen functional groups attached to an aromatic ring is 1. The molecule has 4 nitrogen and oxygen atoms in total. The molecule has 3 aliphatic carbocycles. The molecule has 1 saturated heterocycles. The van der Waals surface area contributed by atoms with Gasteiger partial charge in [-0.15, -0.1) is 0 Å². The lowest BCUT2D eigenvalue weighted by molar-refractivity contribution is -0.169. The van der Waals surface area contributed by atoms with Crippen molar-refractivity contribution in [3.63, 3.8) is 0 Å². The SMILES string of the molecule is Nc1ccc(Oc2ccc3c(c2)[C@@]24CCCC[C@@]2(O)[C@@H](C3)N(CC2CCC2)CC4)cc1. The summed E-state index contributed by atoms with van der Waals surface area (Å²) in [6.07, 6.45) is 10.5. The van der Waals surface area contributed by atoms with Gasteiger partial charge >= 0.3 is 0 Å². The number of likely N-dealkylation sites (tertiary alicyclic amines) is 1. The summed E-state index contributed by atoms with van der Waals surface area (Å²) < 4.78 is 6.19. The van der Waals surface area contributed by atoms with Crippen molar-refractivity contribution >= 4 is 5.69 Å². The van der Waals surface area contributed by atoms with E-state index in [0.717, 1.165) is 61.8 Å². The van der Waals surface area contributed by atoms with E-state index in [4.69, 9.17) is 10.5 Å². The van der Waals surface area contributed by atoms with Crippen LogP contribution in [0, 0.1) is 5.92 Å². The Bertz CT molecular complexity index is 970. The Balaban J connectivity index is 1.36. The molecular weight excluding hydrogens is 384 g/mol. The Kier molecular flexibility index (Phi) is 4.59. The number of nitrogens with two attached hydrogens (primary N) is 1. The predicted molar refractivity (Wildman–Crippen MR) is 123 cm³/mol. The summed E-state index contributed by atoms with van der Waals surface area (Å²) >= 11 is 0. The molecule has 2 saturated carbocycles. The molecule has 0 spiro atoms. The van der Waals surface area contributed by atoms with E-state index in [1.54, 1.807) is 0 Å². The van der Waals surface area contributed by atoms with Crippen molar-refractivity contribution in [3.05, 3.63) is 53.6 Å². The molecule has 3 N–H and O–H groups in total. The van der Waals surface area contributed by atoms with E-state index in [1.165, 1.54) is 43.4 Å². The summed E-state index contributed by atoms with van der Waals surface area (Å²) in [5, 5.41) is 12.3. The number of hydrogen-bond donors (Lipinski definition) is 2. The van der Waals surface area contributed by atoms with Gasteiger partial charge in [0.1, 0.15) is 11.5 Å². The maximum atomic E-state index is 12.3. The van der Waals surface area contributed by atoms with Gasteiger partial charge in [0.25, 0.3) is 0 Å². The molecule has 4 aliphatic rings. The highest BCUT2D eigenvalue weighted by Crippen LogP contribution is 2.58. The smallest absolute Gasteiger partial charge is 0.127 e. The molecule has 2 aromatic carbocycles. The lowest BCUT2D eigenvalue weighted by atomic mass is 9.49. The first-order valence-corrected chi connectivity index (χ1v) is 12.2. The number of fused-ring (bicyclic) bond motifs is 1. The van der Waals surface area contributed by atoms with Gasteiger partial charge in [-0.05, 0) is 98.5 Å². The molecular formula is C27H34N2O2. The summed E-state index contributed by atoms with van der Waals surface area (Å²) in [6, 6.07) is 14.4. The fourth-order valence-corrected chi connectivity index (χ4v) is 7.05. The van der Waals surface area contributed by atoms with Crippen molar-refractivity contribution in [2.45, 2.75) is 74.8 Å². The van der Waals surface area contributed by atoms with Gasteiger partial charge in [0.2, 0.25) is 0 Å². The number of rotatable bonds is 4. The molecule has 3 atom stereocenters. The monoisotopic (exact) mass is 418 g/mol. The minimum Gasteiger partial charge on any atom is -0.457 e. The molecule has 0 radical (unpaired) electrons. The highest BCUT2D eigenvalue weighted by atomic mass is 16.5. The van der Waals surface area contributed by atoms with Crippen LogP contribution in [0.2, 0.25) is 0 Å². The standard InChI is InChI=1S/C27H34N2O2/c28-21-7-10-22(11-8-21)31-23-9-6-20-16-25-27(30)13-2-1-12-26(27,24(20)17-23)14-15-29(25)18-19-4-3-5-19/h6-11,17,19,25,30H,1-5,12-16,18,28H2/t25-,26+,27-/m1/s1. The molecule has 1 aliphatic heterocycles. The van der Waals surface area contributed by atoms with Crippen LogP contribution in [0.15, 0.2) is 42.5 Å². The van der Waals surface area contributed by atoms with Crippen LogP contribution < -0.4 is 10.5 Å². The second-order valence-corrected chi connectivity index (χ2v) is 10.5. The minimum atomic E-state index is -0.611. The van der Waals surface area contributed by atoms with E-state index in [0.29, 0.717) is 0 Å². The van der Waals surface area contributed by atoms with Crippen LogP contribution in [0.1, 0.15) is 62.5 Å². The Labute approximate surface area is 185 Å². The molecule has 0 amide bonds. The fourth-order valence-electron chi connectivity index (χ4n) is 7.05. The maximum absolute atomic E-state index is 12.3. The average molecular weight is 419 g/mol. The third-order valence-corrected chi connectivity index (χ3v) is 8.90. The first-order valence-electron chi connectivity index (χ1n) is 12.2. The van der Waals surface area contributed by atoms with Gasteiger partial charge in [-0.3, -0.25) is 4.90 Å². The largest absolute Gasteiger partial charge is 0.457 e. The van der Waals surface area contributed by atoms with Crippen molar-refractivity contribution in [1.82, 2.24) is 4.90 Å². The van der Waals surface area contributed by atoms with Crippen LogP contribution in [0.4, 0.5) is 5.69 Å². The first kappa shape index (κ1) is 19.6. The Morgan fingerprint density at radius 1 is 0.968 bits per heavy atom. The quantitative estimate of drug-likeness (QED) is 0.684. The molecule has 0 aromatic heterocycles. The molecule has 4 heteroatoms. The second-order valence-electron chi connectivity index (χ2n) is 10.5. The highest BCUT2D eigenvalue weighted by molar-refractivity contribution is 5.50. The second kappa shape index (κ2) is 7.25. The van der Waals surface area contributed by atoms with Gasteiger partial charge in [-0.25, -0.2) is 0 Å². The summed E-state index contributed by atoms with van der Waals surface area (Å²) in [4.78, 5) is 2.66. The summed E-state index contributed by atoms with van der Waals surface area (Å²) in [5.74, 6) is 2.51. The molecule has 2 aromatic rings. The Morgan fingerprint density at radius 2 is 1.74 bits per heavy atom. The molecule has 1 heterocycles. The molecule has 164 valence electrons. The zero-order valence-electron chi connectivity index (χ0n) is 18.4. The zero-order valence-corrected chi connectivity index (χ0v) is 18.4. The van der Waals surface area contributed by atoms with Crippen molar-refractivity contribution < 1.29 is 9.84 Å². The Morgan fingerprint density at radius 3 is 2.52 bits per heavy atom. The molecule has 31 heavy (non-hydrogen) atoms. The van der Waals surface area contributed by atoms with Gasteiger partial charge in [0, 0.05) is 23.7 Å². The van der Waals surface area contributed by atoms with Gasteiger partial charge in [-0.1, -0.05) is 25.3 Å². The number of hydrogen-bond acceptors (Lipinski definition) is 4. The third kappa shape index (κ3) is 3.02. The van der Waals surface area contributed by atoms with E-state index in [2.05, 4.69) is 23.1 Å². The predicted octanol–water partition coefficient (Wildman–Crippen LogP) is 5.03. The minimum absolute atomic E-state index is 0.125. The average Bonchev–Trinajstić information content (AvgIpc) is 2.74. The summed E-state index contributed by atoms with van der Waals surface area (Å²) in [7, 11) is 0. The van der Waals surface area contributed by atoms with Crippen molar-refractivity contribution in [2.75, 3.05) is 18.8 Å². The van der Waals surface area contributed by atoms with Crippen LogP contribution >= 0.6 is 0 Å². The van der Waals surface area contributed by atoms with Crippen molar-refractivity contribution in [1.29, 1.82) is 0 Å². The zero-order chi connectivity index (χ0) is 21.1. The molecule has 6 rings (SSSR count). The fraction of sp³-hybridized carbons (Fsp3) is 0.556. The van der Waals surface area contributed by atoms with E-state index in [1.807, 2.05) is 24.3 Å². The van der Waals surface area contributed by atoms with Gasteiger partial charge in [0.05, 0.1) is 5.60 Å². The number of nitrogens with zero attached hydrogens (tertiary/aromatic N) is 1.